The maximum Gasteiger partial charge on any atom is 0.266 e. The Labute approximate surface area is 183 Å². The van der Waals surface area contributed by atoms with E-state index < -0.39 is 0 Å². The van der Waals surface area contributed by atoms with Crippen LogP contribution in [0.25, 0.3) is 6.08 Å². The number of carbonyl (C=O) groups excluding carboxylic acids is 1. The van der Waals surface area contributed by atoms with Crippen LogP contribution in [-0.4, -0.2) is 28.8 Å². The highest BCUT2D eigenvalue weighted by Crippen LogP contribution is 2.35. The minimum atomic E-state index is -0.0786. The van der Waals surface area contributed by atoms with Gasteiger partial charge in [-0.05, 0) is 42.8 Å². The molecular formula is C20H17Cl2NO3S2. The molecule has 0 radical (unpaired) electrons. The van der Waals surface area contributed by atoms with Crippen molar-refractivity contribution in [2.24, 2.45) is 0 Å². The van der Waals surface area contributed by atoms with Crippen molar-refractivity contribution in [3.8, 4) is 11.5 Å². The van der Waals surface area contributed by atoms with Crippen LogP contribution in [0.2, 0.25) is 10.0 Å². The number of carbonyl (C=O) groups is 1. The average molecular weight is 454 g/mol. The van der Waals surface area contributed by atoms with Gasteiger partial charge in [0.25, 0.3) is 5.91 Å². The van der Waals surface area contributed by atoms with Crippen LogP contribution < -0.4 is 9.47 Å². The Bertz CT molecular complexity index is 942. The molecule has 0 unspecified atom stereocenters. The molecule has 0 atom stereocenters. The normalized spacial score (nSPS) is 15.4. The smallest absolute Gasteiger partial charge is 0.266 e. The fourth-order valence-corrected chi connectivity index (χ4v) is 4.53. The second-order valence-corrected chi connectivity index (χ2v) is 8.32. The Morgan fingerprint density at radius 1 is 1.18 bits per heavy atom. The molecule has 1 fully saturated rings. The zero-order valence-electron chi connectivity index (χ0n) is 15.2. The van der Waals surface area contributed by atoms with E-state index in [0.717, 1.165) is 5.56 Å². The molecule has 0 aromatic heterocycles. The van der Waals surface area contributed by atoms with Gasteiger partial charge in [-0.25, -0.2) is 0 Å². The van der Waals surface area contributed by atoms with Crippen LogP contribution in [0, 0.1) is 0 Å². The maximum atomic E-state index is 12.4. The number of benzene rings is 2. The molecule has 28 heavy (non-hydrogen) atoms. The molecule has 2 aromatic carbocycles. The standard InChI is InChI=1S/C20H17Cl2NO3S2/c1-3-23-19(24)18(28-20(23)27)10-12-7-8-16(17(9-12)25-2)26-11-13-14(21)5-4-6-15(13)22/h4-10H,3,11H2,1-2H3/b18-10+. The van der Waals surface area contributed by atoms with Gasteiger partial charge in [-0.15, -0.1) is 0 Å². The van der Waals surface area contributed by atoms with Crippen molar-refractivity contribution in [2.75, 3.05) is 13.7 Å². The van der Waals surface area contributed by atoms with Gasteiger partial charge in [-0.3, -0.25) is 9.69 Å². The van der Waals surface area contributed by atoms with E-state index in [2.05, 4.69) is 0 Å². The van der Waals surface area contributed by atoms with Gasteiger partial charge in [0.2, 0.25) is 0 Å². The summed E-state index contributed by atoms with van der Waals surface area (Å²) in [4.78, 5) is 14.5. The van der Waals surface area contributed by atoms with Gasteiger partial charge in [-0.2, -0.15) is 0 Å². The molecule has 146 valence electrons. The first-order chi connectivity index (χ1) is 13.4. The Morgan fingerprint density at radius 3 is 2.50 bits per heavy atom. The van der Waals surface area contributed by atoms with E-state index in [1.807, 2.05) is 19.1 Å². The van der Waals surface area contributed by atoms with Gasteiger partial charge in [0, 0.05) is 22.2 Å². The average Bonchev–Trinajstić information content (AvgIpc) is 2.94. The van der Waals surface area contributed by atoms with Crippen molar-refractivity contribution >= 4 is 63.5 Å². The third kappa shape index (κ3) is 4.46. The lowest BCUT2D eigenvalue weighted by Crippen LogP contribution is -2.27. The van der Waals surface area contributed by atoms with Crippen LogP contribution >= 0.6 is 47.2 Å². The van der Waals surface area contributed by atoms with Crippen molar-refractivity contribution < 1.29 is 14.3 Å². The van der Waals surface area contributed by atoms with Gasteiger partial charge in [-0.1, -0.05) is 59.3 Å². The molecule has 1 aliphatic rings. The van der Waals surface area contributed by atoms with Crippen LogP contribution in [0.1, 0.15) is 18.1 Å². The van der Waals surface area contributed by atoms with E-state index in [9.17, 15) is 4.79 Å². The number of amides is 1. The lowest BCUT2D eigenvalue weighted by atomic mass is 10.1. The molecule has 0 aliphatic carbocycles. The number of hydrogen-bond acceptors (Lipinski definition) is 5. The lowest BCUT2D eigenvalue weighted by Gasteiger charge is -2.13. The van der Waals surface area contributed by atoms with E-state index in [4.69, 9.17) is 44.9 Å². The quantitative estimate of drug-likeness (QED) is 0.407. The minimum absolute atomic E-state index is 0.0786. The van der Waals surface area contributed by atoms with Gasteiger partial charge in [0.05, 0.1) is 12.0 Å². The fraction of sp³-hybridized carbons (Fsp3) is 0.200. The molecule has 0 saturated carbocycles. The first-order valence-electron chi connectivity index (χ1n) is 8.43. The summed E-state index contributed by atoms with van der Waals surface area (Å²) in [5.41, 5.74) is 1.52. The van der Waals surface area contributed by atoms with Gasteiger partial charge in [0.1, 0.15) is 10.9 Å². The molecule has 1 aliphatic heterocycles. The van der Waals surface area contributed by atoms with E-state index in [0.29, 0.717) is 42.9 Å². The van der Waals surface area contributed by atoms with Crippen LogP contribution in [0.3, 0.4) is 0 Å². The molecule has 2 aromatic rings. The molecule has 3 rings (SSSR count). The highest BCUT2D eigenvalue weighted by atomic mass is 35.5. The number of nitrogens with zero attached hydrogens (tertiary/aromatic N) is 1. The van der Waals surface area contributed by atoms with Crippen LogP contribution in [0.4, 0.5) is 0 Å². The third-order valence-corrected chi connectivity index (χ3v) is 6.19. The van der Waals surface area contributed by atoms with Gasteiger partial charge >= 0.3 is 0 Å². The van der Waals surface area contributed by atoms with Gasteiger partial charge in [0.15, 0.2) is 11.5 Å². The number of methoxy groups -OCH3 is 1. The monoisotopic (exact) mass is 453 g/mol. The molecule has 0 N–H and O–H groups in total. The van der Waals surface area contributed by atoms with E-state index >= 15 is 0 Å². The molecular weight excluding hydrogens is 437 g/mol. The number of hydrogen-bond donors (Lipinski definition) is 0. The summed E-state index contributed by atoms with van der Waals surface area (Å²) in [7, 11) is 1.56. The Morgan fingerprint density at radius 2 is 1.89 bits per heavy atom. The highest BCUT2D eigenvalue weighted by molar-refractivity contribution is 8.26. The molecule has 8 heteroatoms. The topological polar surface area (TPSA) is 38.8 Å². The lowest BCUT2D eigenvalue weighted by molar-refractivity contribution is -0.121. The molecule has 1 saturated heterocycles. The Kier molecular flexibility index (Phi) is 6.88. The molecule has 0 spiro atoms. The molecule has 1 heterocycles. The van der Waals surface area contributed by atoms with Crippen molar-refractivity contribution in [3.63, 3.8) is 0 Å². The van der Waals surface area contributed by atoms with Crippen LogP contribution in [0.15, 0.2) is 41.3 Å². The Balaban J connectivity index is 1.80. The minimum Gasteiger partial charge on any atom is -0.493 e. The van der Waals surface area contributed by atoms with E-state index in [1.165, 1.54) is 11.8 Å². The van der Waals surface area contributed by atoms with Crippen molar-refractivity contribution in [2.45, 2.75) is 13.5 Å². The highest BCUT2D eigenvalue weighted by Gasteiger charge is 2.30. The summed E-state index contributed by atoms with van der Waals surface area (Å²) in [6.45, 7) is 2.67. The summed E-state index contributed by atoms with van der Waals surface area (Å²) in [5.74, 6) is 1.02. The number of likely N-dealkylation sites (N-methyl/N-ethyl adjacent to an activating group) is 1. The van der Waals surface area contributed by atoms with Crippen molar-refractivity contribution in [1.29, 1.82) is 0 Å². The first kappa shape index (κ1) is 21.0. The van der Waals surface area contributed by atoms with Crippen LogP contribution in [0.5, 0.6) is 11.5 Å². The predicted molar refractivity (Wildman–Crippen MR) is 119 cm³/mol. The molecule has 1 amide bonds. The molecule has 0 bridgehead atoms. The SMILES string of the molecule is CCN1C(=O)/C(=C\c2ccc(OCc3c(Cl)cccc3Cl)c(OC)c2)SC1=S. The second kappa shape index (κ2) is 9.18. The zero-order chi connectivity index (χ0) is 20.3. The number of rotatable bonds is 6. The predicted octanol–water partition coefficient (Wildman–Crippen LogP) is 5.80. The maximum absolute atomic E-state index is 12.4. The van der Waals surface area contributed by atoms with Crippen molar-refractivity contribution in [3.05, 3.63) is 62.5 Å². The number of thiocarbonyl (C=S) groups is 1. The third-order valence-electron chi connectivity index (χ3n) is 4.11. The number of thioether (sulfide) groups is 1. The summed E-state index contributed by atoms with van der Waals surface area (Å²) in [5, 5.41) is 1.09. The largest absolute Gasteiger partial charge is 0.493 e. The zero-order valence-corrected chi connectivity index (χ0v) is 18.3. The van der Waals surface area contributed by atoms with E-state index in [-0.39, 0.29) is 12.5 Å². The van der Waals surface area contributed by atoms with Crippen LogP contribution in [-0.2, 0) is 11.4 Å². The Hall–Kier alpha value is -1.73. The molecule has 4 nitrogen and oxygen atoms in total. The fourth-order valence-electron chi connectivity index (χ4n) is 2.64. The van der Waals surface area contributed by atoms with Gasteiger partial charge < -0.3 is 9.47 Å². The summed E-state index contributed by atoms with van der Waals surface area (Å²) in [6.07, 6.45) is 1.80. The van der Waals surface area contributed by atoms with Crippen molar-refractivity contribution in [1.82, 2.24) is 4.90 Å². The van der Waals surface area contributed by atoms with E-state index in [1.54, 1.807) is 42.4 Å². The number of halogens is 2. The first-order valence-corrected chi connectivity index (χ1v) is 10.4. The second-order valence-electron chi connectivity index (χ2n) is 5.83. The summed E-state index contributed by atoms with van der Waals surface area (Å²) < 4.78 is 11.9. The number of ether oxygens (including phenoxy) is 2. The summed E-state index contributed by atoms with van der Waals surface area (Å²) >= 11 is 18.9. The summed E-state index contributed by atoms with van der Waals surface area (Å²) in [6, 6.07) is 10.8.